The molecule has 0 aromatic heterocycles. The zero-order chi connectivity index (χ0) is 11.3. The van der Waals surface area contributed by atoms with Crippen LogP contribution < -0.4 is 11.1 Å². The van der Waals surface area contributed by atoms with Crippen LogP contribution in [0.4, 0.5) is 0 Å². The molecule has 0 bridgehead atoms. The summed E-state index contributed by atoms with van der Waals surface area (Å²) in [6.07, 6.45) is 2.03. The van der Waals surface area contributed by atoms with E-state index in [1.807, 2.05) is 0 Å². The van der Waals surface area contributed by atoms with Crippen LogP contribution >= 0.6 is 0 Å². The van der Waals surface area contributed by atoms with Gasteiger partial charge in [0.25, 0.3) is 0 Å². The van der Waals surface area contributed by atoms with Crippen LogP contribution in [0.25, 0.3) is 0 Å². The van der Waals surface area contributed by atoms with E-state index >= 15 is 0 Å². The predicted molar refractivity (Wildman–Crippen MR) is 56.6 cm³/mol. The monoisotopic (exact) mass is 216 g/mol. The van der Waals surface area contributed by atoms with Gasteiger partial charge in [-0.2, -0.15) is 0 Å². The average Bonchev–Trinajstić information content (AvgIpc) is 2.18. The lowest BCUT2D eigenvalue weighted by atomic mass is 9.82. The van der Waals surface area contributed by atoms with Gasteiger partial charge < -0.3 is 20.9 Å². The number of ether oxygens (including phenoxy) is 1. The first-order valence-corrected chi connectivity index (χ1v) is 5.30. The smallest absolute Gasteiger partial charge is 0.321 e. The average molecular weight is 216 g/mol. The summed E-state index contributed by atoms with van der Waals surface area (Å²) in [5.41, 5.74) is 5.61. The van der Waals surface area contributed by atoms with Gasteiger partial charge in [0, 0.05) is 26.3 Å². The van der Waals surface area contributed by atoms with Crippen molar-refractivity contribution in [3.63, 3.8) is 0 Å². The van der Waals surface area contributed by atoms with E-state index in [-0.39, 0.29) is 5.41 Å². The first-order valence-electron chi connectivity index (χ1n) is 5.30. The second-order valence-corrected chi connectivity index (χ2v) is 4.50. The highest BCUT2D eigenvalue weighted by molar-refractivity contribution is 5.73. The summed E-state index contributed by atoms with van der Waals surface area (Å²) in [4.78, 5) is 10.5. The van der Waals surface area contributed by atoms with Gasteiger partial charge in [-0.15, -0.1) is 0 Å². The van der Waals surface area contributed by atoms with Gasteiger partial charge in [0.05, 0.1) is 0 Å². The van der Waals surface area contributed by atoms with Crippen molar-refractivity contribution in [2.24, 2.45) is 11.1 Å². The molecule has 0 aromatic rings. The predicted octanol–water partition coefficient (Wildman–Crippen LogP) is -0.195. The third-order valence-corrected chi connectivity index (χ3v) is 2.93. The number of carbonyl (C=O) groups is 1. The van der Waals surface area contributed by atoms with E-state index in [0.29, 0.717) is 6.54 Å². The Morgan fingerprint density at radius 1 is 1.60 bits per heavy atom. The molecule has 1 saturated heterocycles. The van der Waals surface area contributed by atoms with Gasteiger partial charge in [0.15, 0.2) is 0 Å². The van der Waals surface area contributed by atoms with E-state index in [4.69, 9.17) is 15.6 Å². The summed E-state index contributed by atoms with van der Waals surface area (Å²) < 4.78 is 5.28. The summed E-state index contributed by atoms with van der Waals surface area (Å²) in [5, 5.41) is 11.7. The van der Waals surface area contributed by atoms with Gasteiger partial charge in [-0.25, -0.2) is 0 Å². The van der Waals surface area contributed by atoms with Crippen molar-refractivity contribution in [3.8, 4) is 0 Å². The normalized spacial score (nSPS) is 22.3. The van der Waals surface area contributed by atoms with Crippen molar-refractivity contribution in [2.75, 3.05) is 26.3 Å². The summed E-state index contributed by atoms with van der Waals surface area (Å²) in [6.45, 7) is 4.91. The molecule has 5 nitrogen and oxygen atoms in total. The Labute approximate surface area is 90.0 Å². The molecule has 0 aliphatic carbocycles. The maximum Gasteiger partial charge on any atom is 0.321 e. The van der Waals surface area contributed by atoms with E-state index < -0.39 is 12.0 Å². The quantitative estimate of drug-likeness (QED) is 0.593. The topological polar surface area (TPSA) is 84.6 Å². The van der Waals surface area contributed by atoms with E-state index in [2.05, 4.69) is 12.2 Å². The minimum Gasteiger partial charge on any atom is -0.480 e. The van der Waals surface area contributed by atoms with Crippen molar-refractivity contribution >= 4 is 5.97 Å². The molecule has 88 valence electrons. The van der Waals surface area contributed by atoms with Crippen LogP contribution in [0.3, 0.4) is 0 Å². The van der Waals surface area contributed by atoms with Crippen LogP contribution in [0.5, 0.6) is 0 Å². The zero-order valence-corrected chi connectivity index (χ0v) is 9.16. The van der Waals surface area contributed by atoms with Crippen molar-refractivity contribution in [1.82, 2.24) is 5.32 Å². The summed E-state index contributed by atoms with van der Waals surface area (Å²) in [6, 6.07) is -0.812. The number of nitrogens with one attached hydrogen (secondary N) is 1. The molecule has 1 heterocycles. The van der Waals surface area contributed by atoms with Crippen molar-refractivity contribution in [1.29, 1.82) is 0 Å². The molecule has 0 saturated carbocycles. The van der Waals surface area contributed by atoms with Crippen LogP contribution in [0.15, 0.2) is 0 Å². The molecule has 1 aliphatic rings. The maximum atomic E-state index is 10.5. The van der Waals surface area contributed by atoms with Gasteiger partial charge in [0.1, 0.15) is 6.04 Å². The highest BCUT2D eigenvalue weighted by Gasteiger charge is 2.27. The molecule has 5 heteroatoms. The molecule has 1 fully saturated rings. The lowest BCUT2D eigenvalue weighted by Crippen LogP contribution is -2.44. The highest BCUT2D eigenvalue weighted by atomic mass is 16.5. The number of aliphatic carboxylic acids is 1. The molecule has 1 aliphatic heterocycles. The highest BCUT2D eigenvalue weighted by Crippen LogP contribution is 2.28. The number of hydrogen-bond donors (Lipinski definition) is 3. The molecule has 1 rings (SSSR count). The Morgan fingerprint density at radius 2 is 2.20 bits per heavy atom. The number of rotatable bonds is 5. The Balaban J connectivity index is 2.21. The van der Waals surface area contributed by atoms with E-state index in [9.17, 15) is 4.79 Å². The molecule has 15 heavy (non-hydrogen) atoms. The number of hydrogen-bond acceptors (Lipinski definition) is 4. The first-order chi connectivity index (χ1) is 7.03. The van der Waals surface area contributed by atoms with Crippen molar-refractivity contribution in [2.45, 2.75) is 25.8 Å². The molecule has 0 spiro atoms. The number of nitrogens with two attached hydrogens (primary N) is 1. The Hall–Kier alpha value is -0.650. The molecule has 0 aromatic carbocycles. The van der Waals surface area contributed by atoms with Crippen LogP contribution in [-0.2, 0) is 9.53 Å². The Morgan fingerprint density at radius 3 is 2.73 bits per heavy atom. The third kappa shape index (κ3) is 4.15. The minimum absolute atomic E-state index is 0.219. The van der Waals surface area contributed by atoms with Gasteiger partial charge in [-0.3, -0.25) is 4.79 Å². The lowest BCUT2D eigenvalue weighted by molar-refractivity contribution is -0.138. The standard InChI is InChI=1S/C10H20N2O3/c1-10(2-4-15-5-3-10)7-12-6-8(11)9(13)14/h8,12H,2-7,11H2,1H3,(H,13,14). The molecule has 0 amide bonds. The van der Waals surface area contributed by atoms with E-state index in [1.54, 1.807) is 0 Å². The van der Waals surface area contributed by atoms with Gasteiger partial charge >= 0.3 is 5.97 Å². The molecular weight excluding hydrogens is 196 g/mol. The van der Waals surface area contributed by atoms with Gasteiger partial charge in [-0.05, 0) is 18.3 Å². The lowest BCUT2D eigenvalue weighted by Gasteiger charge is -2.33. The minimum atomic E-state index is -0.959. The maximum absolute atomic E-state index is 10.5. The Bertz CT molecular complexity index is 215. The molecule has 1 atom stereocenters. The van der Waals surface area contributed by atoms with E-state index in [0.717, 1.165) is 32.6 Å². The molecule has 4 N–H and O–H groups in total. The summed E-state index contributed by atoms with van der Waals surface area (Å²) in [5.74, 6) is -0.959. The molecule has 0 radical (unpaired) electrons. The SMILES string of the molecule is CC1(CNCC(N)C(=O)O)CCOCC1. The number of carboxylic acid groups (broad SMARTS) is 1. The Kier molecular flexibility index (Phi) is 4.50. The molecule has 1 unspecified atom stereocenters. The summed E-state index contributed by atoms with van der Waals surface area (Å²) in [7, 11) is 0. The first kappa shape index (κ1) is 12.4. The fraction of sp³-hybridized carbons (Fsp3) is 0.900. The van der Waals surface area contributed by atoms with Gasteiger partial charge in [-0.1, -0.05) is 6.92 Å². The fourth-order valence-electron chi connectivity index (χ4n) is 1.66. The van der Waals surface area contributed by atoms with Crippen LogP contribution in [-0.4, -0.2) is 43.4 Å². The van der Waals surface area contributed by atoms with Crippen molar-refractivity contribution in [3.05, 3.63) is 0 Å². The van der Waals surface area contributed by atoms with Crippen LogP contribution in [0.1, 0.15) is 19.8 Å². The summed E-state index contributed by atoms with van der Waals surface area (Å²) >= 11 is 0. The fourth-order valence-corrected chi connectivity index (χ4v) is 1.66. The zero-order valence-electron chi connectivity index (χ0n) is 9.16. The molecular formula is C10H20N2O3. The van der Waals surface area contributed by atoms with Gasteiger partial charge in [0.2, 0.25) is 0 Å². The van der Waals surface area contributed by atoms with Crippen LogP contribution in [0.2, 0.25) is 0 Å². The largest absolute Gasteiger partial charge is 0.480 e. The van der Waals surface area contributed by atoms with Crippen LogP contribution in [0, 0.1) is 5.41 Å². The van der Waals surface area contributed by atoms with Crippen molar-refractivity contribution < 1.29 is 14.6 Å². The van der Waals surface area contributed by atoms with E-state index in [1.165, 1.54) is 0 Å². The second kappa shape index (κ2) is 5.44. The number of carboxylic acids is 1. The second-order valence-electron chi connectivity index (χ2n) is 4.50. The third-order valence-electron chi connectivity index (χ3n) is 2.93.